The molecule has 0 amide bonds. The van der Waals surface area contributed by atoms with Gasteiger partial charge in [0.15, 0.2) is 0 Å². The van der Waals surface area contributed by atoms with Crippen LogP contribution in [0.15, 0.2) is 174 Å². The first kappa shape index (κ1) is 28.1. The number of hydrogen-bond acceptors (Lipinski definition) is 2. The molecule has 0 unspecified atom stereocenters. The Balaban J connectivity index is 1.12. The first-order chi connectivity index (χ1) is 25.8. The average molecular weight is 681 g/mol. The summed E-state index contributed by atoms with van der Waals surface area (Å²) >= 11 is 1.88. The Morgan fingerprint density at radius 3 is 1.73 bits per heavy atom. The van der Waals surface area contributed by atoms with Crippen molar-refractivity contribution in [2.24, 2.45) is 0 Å². The van der Waals surface area contributed by atoms with Gasteiger partial charge in [-0.1, -0.05) is 91.0 Å². The number of para-hydroxylation sites is 3. The molecule has 0 saturated heterocycles. The fourth-order valence-corrected chi connectivity index (χ4v) is 9.67. The minimum absolute atomic E-state index is 0.915. The van der Waals surface area contributed by atoms with Gasteiger partial charge in [-0.3, -0.25) is 0 Å². The Bertz CT molecular complexity index is 3400. The van der Waals surface area contributed by atoms with E-state index in [0.717, 1.165) is 27.6 Å². The van der Waals surface area contributed by atoms with E-state index in [0.29, 0.717) is 0 Å². The molecule has 0 atom stereocenters. The van der Waals surface area contributed by atoms with E-state index in [1.165, 1.54) is 80.6 Å². The first-order valence-corrected chi connectivity index (χ1v) is 18.5. The van der Waals surface area contributed by atoms with Crippen molar-refractivity contribution in [1.29, 1.82) is 0 Å². The Hall–Kier alpha value is -6.62. The van der Waals surface area contributed by atoms with Crippen LogP contribution in [-0.4, -0.2) is 9.13 Å². The maximum absolute atomic E-state index is 6.36. The van der Waals surface area contributed by atoms with Crippen LogP contribution in [0, 0.1) is 0 Å². The van der Waals surface area contributed by atoms with Crippen molar-refractivity contribution in [3.05, 3.63) is 170 Å². The molecule has 0 aliphatic heterocycles. The van der Waals surface area contributed by atoms with Gasteiger partial charge in [0.2, 0.25) is 0 Å². The van der Waals surface area contributed by atoms with Crippen LogP contribution in [0.2, 0.25) is 0 Å². The molecule has 4 heteroatoms. The molecule has 4 aromatic heterocycles. The number of nitrogens with zero attached hydrogens (tertiary/aromatic N) is 2. The van der Waals surface area contributed by atoms with Crippen LogP contribution < -0.4 is 0 Å². The Morgan fingerprint density at radius 1 is 0.327 bits per heavy atom. The van der Waals surface area contributed by atoms with Crippen molar-refractivity contribution in [2.45, 2.75) is 0 Å². The average Bonchev–Trinajstić information content (AvgIpc) is 3.93. The number of furan rings is 1. The third-order valence-electron chi connectivity index (χ3n) is 10.9. The minimum atomic E-state index is 0.915. The molecule has 0 fully saturated rings. The number of thiophene rings is 1. The van der Waals surface area contributed by atoms with Crippen LogP contribution in [-0.2, 0) is 0 Å². The van der Waals surface area contributed by atoms with Crippen LogP contribution >= 0.6 is 11.3 Å². The van der Waals surface area contributed by atoms with E-state index in [-0.39, 0.29) is 0 Å². The van der Waals surface area contributed by atoms with Crippen molar-refractivity contribution in [1.82, 2.24) is 9.13 Å². The standard InChI is InChI=1S/C48H28N2OS/c1-3-11-31(12-4-1)49-41-22-20-29(23-36(41)38-28-48-40(26-44(38)49)35-16-8-10-18-47(35)52-48)30-19-21-33-37-27-46-39(34-15-7-9-17-45(34)51-46)25-43(37)50(42(33)24-30)32-13-5-2-6-14-32/h1-28H. The first-order valence-electron chi connectivity index (χ1n) is 17.7. The zero-order valence-electron chi connectivity index (χ0n) is 27.9. The number of hydrogen-bond donors (Lipinski definition) is 0. The molecular formula is C48H28N2OS. The van der Waals surface area contributed by atoms with Crippen LogP contribution in [0.4, 0.5) is 0 Å². The third kappa shape index (κ3) is 3.90. The zero-order valence-corrected chi connectivity index (χ0v) is 28.7. The highest BCUT2D eigenvalue weighted by Gasteiger charge is 2.19. The van der Waals surface area contributed by atoms with E-state index in [1.54, 1.807) is 0 Å². The van der Waals surface area contributed by atoms with Crippen LogP contribution in [0.5, 0.6) is 0 Å². The third-order valence-corrected chi connectivity index (χ3v) is 12.0. The summed E-state index contributed by atoms with van der Waals surface area (Å²) in [5, 5.41) is 9.83. The number of rotatable bonds is 3. The lowest BCUT2D eigenvalue weighted by atomic mass is 10.0. The highest BCUT2D eigenvalue weighted by atomic mass is 32.1. The summed E-state index contributed by atoms with van der Waals surface area (Å²) < 4.78 is 13.8. The monoisotopic (exact) mass is 680 g/mol. The fourth-order valence-electron chi connectivity index (χ4n) is 8.54. The second kappa shape index (κ2) is 10.5. The van der Waals surface area contributed by atoms with Gasteiger partial charge in [0, 0.05) is 63.9 Å². The Labute approximate surface area is 301 Å². The summed E-state index contributed by atoms with van der Waals surface area (Å²) in [6.07, 6.45) is 0. The molecule has 0 N–H and O–H groups in total. The highest BCUT2D eigenvalue weighted by molar-refractivity contribution is 7.25. The second-order valence-corrected chi connectivity index (χ2v) is 14.8. The van der Waals surface area contributed by atoms with Gasteiger partial charge >= 0.3 is 0 Å². The molecule has 8 aromatic carbocycles. The second-order valence-electron chi connectivity index (χ2n) is 13.7. The van der Waals surface area contributed by atoms with Gasteiger partial charge in [-0.25, -0.2) is 0 Å². The maximum Gasteiger partial charge on any atom is 0.136 e. The van der Waals surface area contributed by atoms with Crippen LogP contribution in [0.1, 0.15) is 0 Å². The van der Waals surface area contributed by atoms with Crippen molar-refractivity contribution < 1.29 is 4.42 Å². The molecule has 0 aliphatic rings. The molecule has 12 rings (SSSR count). The molecule has 4 heterocycles. The van der Waals surface area contributed by atoms with Gasteiger partial charge in [0.25, 0.3) is 0 Å². The SMILES string of the molecule is c1ccc(-n2c3cc(-c4ccc5c(c4)c4cc6sc7ccccc7c6cc4n5-c4ccccc4)ccc3c3cc4oc5ccccc5c4cc32)cc1. The quantitative estimate of drug-likeness (QED) is 0.182. The topological polar surface area (TPSA) is 23.0 Å². The van der Waals surface area contributed by atoms with Gasteiger partial charge in [0.05, 0.1) is 22.1 Å². The number of fused-ring (bicyclic) bond motifs is 12. The summed E-state index contributed by atoms with van der Waals surface area (Å²) in [5.41, 5.74) is 11.3. The van der Waals surface area contributed by atoms with E-state index in [1.807, 2.05) is 17.4 Å². The van der Waals surface area contributed by atoms with Crippen molar-refractivity contribution in [3.63, 3.8) is 0 Å². The molecule has 0 bridgehead atoms. The van der Waals surface area contributed by atoms with E-state index < -0.39 is 0 Å². The lowest BCUT2D eigenvalue weighted by molar-refractivity contribution is 0.669. The van der Waals surface area contributed by atoms with Gasteiger partial charge in [-0.2, -0.15) is 0 Å². The number of benzene rings is 8. The smallest absolute Gasteiger partial charge is 0.136 e. The summed E-state index contributed by atoms with van der Waals surface area (Å²) in [7, 11) is 0. The molecule has 0 spiro atoms. The molecule has 0 saturated carbocycles. The van der Waals surface area contributed by atoms with Crippen molar-refractivity contribution in [2.75, 3.05) is 0 Å². The summed E-state index contributed by atoms with van der Waals surface area (Å²) in [5.74, 6) is 0. The van der Waals surface area contributed by atoms with Crippen LogP contribution in [0.25, 0.3) is 108 Å². The van der Waals surface area contributed by atoms with Crippen molar-refractivity contribution >= 4 is 97.1 Å². The minimum Gasteiger partial charge on any atom is -0.456 e. The van der Waals surface area contributed by atoms with E-state index in [4.69, 9.17) is 4.42 Å². The molecule has 52 heavy (non-hydrogen) atoms. The molecule has 242 valence electrons. The van der Waals surface area contributed by atoms with Gasteiger partial charge in [-0.15, -0.1) is 11.3 Å². The lowest BCUT2D eigenvalue weighted by Gasteiger charge is -2.10. The van der Waals surface area contributed by atoms with Gasteiger partial charge in [-0.05, 0) is 90.0 Å². The number of aromatic nitrogens is 2. The Kier molecular flexibility index (Phi) is 5.65. The van der Waals surface area contributed by atoms with Crippen LogP contribution in [0.3, 0.4) is 0 Å². The lowest BCUT2D eigenvalue weighted by Crippen LogP contribution is -1.94. The zero-order chi connectivity index (χ0) is 33.9. The fraction of sp³-hybridized carbons (Fsp3) is 0. The summed E-state index contributed by atoms with van der Waals surface area (Å²) in [6, 6.07) is 61.8. The largest absolute Gasteiger partial charge is 0.456 e. The van der Waals surface area contributed by atoms with Gasteiger partial charge in [0.1, 0.15) is 11.2 Å². The molecule has 3 nitrogen and oxygen atoms in total. The van der Waals surface area contributed by atoms with Crippen molar-refractivity contribution in [3.8, 4) is 22.5 Å². The molecule has 0 aliphatic carbocycles. The highest BCUT2D eigenvalue weighted by Crippen LogP contribution is 2.43. The van der Waals surface area contributed by atoms with Gasteiger partial charge < -0.3 is 13.6 Å². The predicted molar refractivity (Wildman–Crippen MR) is 221 cm³/mol. The van der Waals surface area contributed by atoms with E-state index in [9.17, 15) is 0 Å². The molecule has 0 radical (unpaired) electrons. The molecule has 12 aromatic rings. The maximum atomic E-state index is 6.36. The van der Waals surface area contributed by atoms with E-state index in [2.05, 4.69) is 173 Å². The Morgan fingerprint density at radius 2 is 0.923 bits per heavy atom. The predicted octanol–water partition coefficient (Wildman–Crippen LogP) is 13.8. The normalized spacial score (nSPS) is 12.2. The van der Waals surface area contributed by atoms with E-state index >= 15 is 0 Å². The summed E-state index contributed by atoms with van der Waals surface area (Å²) in [4.78, 5) is 0. The molecular weight excluding hydrogens is 653 g/mol. The summed E-state index contributed by atoms with van der Waals surface area (Å²) in [6.45, 7) is 0.